The van der Waals surface area contributed by atoms with Crippen molar-refractivity contribution in [1.82, 2.24) is 4.90 Å². The monoisotopic (exact) mass is 369 g/mol. The van der Waals surface area contributed by atoms with Crippen molar-refractivity contribution in [3.63, 3.8) is 0 Å². The molecule has 4 atom stereocenters. The Morgan fingerprint density at radius 2 is 1.85 bits per heavy atom. The lowest BCUT2D eigenvalue weighted by Gasteiger charge is -2.21. The second-order valence-corrected chi connectivity index (χ2v) is 7.78. The van der Waals surface area contributed by atoms with Crippen molar-refractivity contribution in [3.05, 3.63) is 0 Å². The summed E-state index contributed by atoms with van der Waals surface area (Å²) in [7, 11) is 1.34. The molecule has 2 rings (SSSR count). The summed E-state index contributed by atoms with van der Waals surface area (Å²) in [4.78, 5) is 24.9. The molecule has 2 heterocycles. The highest BCUT2D eigenvalue weighted by Crippen LogP contribution is 2.35. The SMILES string of the molecule is COC(=O)C[C@H](O)CCCCCCCCC[C@H]1CC[C@H]2[C@H](C)OC(=O)N12. The number of aliphatic hydroxyl groups is 1. The van der Waals surface area contributed by atoms with Crippen LogP contribution < -0.4 is 0 Å². The van der Waals surface area contributed by atoms with Crippen molar-refractivity contribution < 1.29 is 24.2 Å². The molecule has 150 valence electrons. The summed E-state index contributed by atoms with van der Waals surface area (Å²) in [6.45, 7) is 2.00. The predicted octanol–water partition coefficient (Wildman–Crippen LogP) is 3.79. The Morgan fingerprint density at radius 1 is 1.19 bits per heavy atom. The van der Waals surface area contributed by atoms with Crippen LogP contribution in [0.3, 0.4) is 0 Å². The van der Waals surface area contributed by atoms with E-state index in [0.29, 0.717) is 18.5 Å². The largest absolute Gasteiger partial charge is 0.469 e. The highest BCUT2D eigenvalue weighted by molar-refractivity contribution is 5.71. The lowest BCUT2D eigenvalue weighted by atomic mass is 10.0. The zero-order valence-corrected chi connectivity index (χ0v) is 16.3. The average molecular weight is 370 g/mol. The Labute approximate surface area is 157 Å². The van der Waals surface area contributed by atoms with Gasteiger partial charge in [-0.1, -0.05) is 44.9 Å². The fourth-order valence-electron chi connectivity index (χ4n) is 4.26. The van der Waals surface area contributed by atoms with Crippen LogP contribution in [0.4, 0.5) is 4.79 Å². The van der Waals surface area contributed by atoms with Gasteiger partial charge in [0.2, 0.25) is 0 Å². The molecule has 0 aromatic heterocycles. The molecule has 0 aliphatic carbocycles. The second-order valence-electron chi connectivity index (χ2n) is 7.78. The van der Waals surface area contributed by atoms with Gasteiger partial charge in [-0.05, 0) is 32.6 Å². The quantitative estimate of drug-likeness (QED) is 0.418. The van der Waals surface area contributed by atoms with Gasteiger partial charge in [0.25, 0.3) is 0 Å². The number of hydrogen-bond donors (Lipinski definition) is 1. The van der Waals surface area contributed by atoms with E-state index in [0.717, 1.165) is 32.1 Å². The summed E-state index contributed by atoms with van der Waals surface area (Å²) >= 11 is 0. The summed E-state index contributed by atoms with van der Waals surface area (Å²) in [5, 5.41) is 9.69. The van der Waals surface area contributed by atoms with E-state index in [2.05, 4.69) is 4.74 Å². The van der Waals surface area contributed by atoms with E-state index in [1.807, 2.05) is 11.8 Å². The molecule has 26 heavy (non-hydrogen) atoms. The van der Waals surface area contributed by atoms with Crippen LogP contribution in [0.25, 0.3) is 0 Å². The maximum absolute atomic E-state index is 11.9. The number of fused-ring (bicyclic) bond motifs is 1. The van der Waals surface area contributed by atoms with E-state index >= 15 is 0 Å². The number of methoxy groups -OCH3 is 1. The van der Waals surface area contributed by atoms with Crippen molar-refractivity contribution in [2.24, 2.45) is 0 Å². The van der Waals surface area contributed by atoms with E-state index in [-0.39, 0.29) is 24.6 Å². The van der Waals surface area contributed by atoms with Crippen molar-refractivity contribution in [1.29, 1.82) is 0 Å². The number of amides is 1. The Bertz CT molecular complexity index is 455. The van der Waals surface area contributed by atoms with Crippen LogP contribution in [0.2, 0.25) is 0 Å². The van der Waals surface area contributed by atoms with E-state index < -0.39 is 6.10 Å². The minimum absolute atomic E-state index is 0.0543. The van der Waals surface area contributed by atoms with E-state index in [4.69, 9.17) is 4.74 Å². The summed E-state index contributed by atoms with van der Waals surface area (Å²) in [5.74, 6) is -0.345. The van der Waals surface area contributed by atoms with Gasteiger partial charge in [-0.15, -0.1) is 0 Å². The first-order chi connectivity index (χ1) is 12.5. The number of hydrogen-bond acceptors (Lipinski definition) is 5. The fraction of sp³-hybridized carbons (Fsp3) is 0.900. The van der Waals surface area contributed by atoms with Crippen LogP contribution in [0.15, 0.2) is 0 Å². The van der Waals surface area contributed by atoms with Gasteiger partial charge in [0.05, 0.1) is 25.7 Å². The maximum Gasteiger partial charge on any atom is 0.410 e. The molecule has 0 bridgehead atoms. The molecule has 0 spiro atoms. The number of rotatable bonds is 12. The topological polar surface area (TPSA) is 76.1 Å². The molecular weight excluding hydrogens is 334 g/mol. The molecule has 0 radical (unpaired) electrons. The third-order valence-corrected chi connectivity index (χ3v) is 5.79. The standard InChI is InChI=1S/C20H35NO5/c1-15-18-13-12-16(21(18)20(24)26-15)10-8-6-4-3-5-7-9-11-17(22)14-19(23)25-2/h15-18,22H,3-14H2,1-2H3/t15-,16-,17+,18-/m0/s1. The van der Waals surface area contributed by atoms with Gasteiger partial charge in [-0.25, -0.2) is 4.79 Å². The van der Waals surface area contributed by atoms with E-state index in [1.54, 1.807) is 0 Å². The van der Waals surface area contributed by atoms with Crippen molar-refractivity contribution in [3.8, 4) is 0 Å². The number of unbranched alkanes of at least 4 members (excludes halogenated alkanes) is 6. The van der Waals surface area contributed by atoms with E-state index in [1.165, 1.54) is 39.2 Å². The number of aliphatic hydroxyl groups excluding tert-OH is 1. The molecule has 2 saturated heterocycles. The molecule has 0 saturated carbocycles. The Balaban J connectivity index is 1.43. The van der Waals surface area contributed by atoms with Crippen LogP contribution >= 0.6 is 0 Å². The molecule has 0 unspecified atom stereocenters. The minimum Gasteiger partial charge on any atom is -0.469 e. The van der Waals surface area contributed by atoms with Crippen molar-refractivity contribution >= 4 is 12.1 Å². The van der Waals surface area contributed by atoms with E-state index in [9.17, 15) is 14.7 Å². The first-order valence-electron chi connectivity index (χ1n) is 10.3. The molecule has 1 amide bonds. The summed E-state index contributed by atoms with van der Waals surface area (Å²) in [6, 6.07) is 0.691. The van der Waals surface area contributed by atoms with Crippen molar-refractivity contribution in [2.75, 3.05) is 7.11 Å². The first-order valence-corrected chi connectivity index (χ1v) is 10.3. The summed E-state index contributed by atoms with van der Waals surface area (Å²) in [5.41, 5.74) is 0. The van der Waals surface area contributed by atoms with Crippen LogP contribution in [0.5, 0.6) is 0 Å². The summed E-state index contributed by atoms with van der Waals surface area (Å²) in [6.07, 6.45) is 11.5. The maximum atomic E-state index is 11.9. The fourth-order valence-corrected chi connectivity index (χ4v) is 4.26. The van der Waals surface area contributed by atoms with Gasteiger partial charge in [0, 0.05) is 6.04 Å². The molecule has 6 nitrogen and oxygen atoms in total. The Hall–Kier alpha value is -1.30. The van der Waals surface area contributed by atoms with Crippen LogP contribution in [-0.4, -0.2) is 53.5 Å². The number of cyclic esters (lactones) is 1. The lowest BCUT2D eigenvalue weighted by Crippen LogP contribution is -2.36. The lowest BCUT2D eigenvalue weighted by molar-refractivity contribution is -0.142. The minimum atomic E-state index is -0.572. The number of nitrogens with zero attached hydrogens (tertiary/aromatic N) is 1. The van der Waals surface area contributed by atoms with Gasteiger partial charge in [-0.2, -0.15) is 0 Å². The van der Waals surface area contributed by atoms with Crippen molar-refractivity contribution in [2.45, 2.75) is 108 Å². The van der Waals surface area contributed by atoms with Gasteiger partial charge in [-0.3, -0.25) is 9.69 Å². The number of esters is 1. The average Bonchev–Trinajstić information content (AvgIpc) is 3.15. The number of ether oxygens (including phenoxy) is 2. The molecular formula is C20H35NO5. The zero-order valence-electron chi connectivity index (χ0n) is 16.3. The summed E-state index contributed by atoms with van der Waals surface area (Å²) < 4.78 is 9.88. The molecule has 0 aromatic carbocycles. The first kappa shape index (κ1) is 21.0. The van der Waals surface area contributed by atoms with Gasteiger partial charge < -0.3 is 14.6 Å². The number of carbonyl (C=O) groups excluding carboxylic acids is 2. The van der Waals surface area contributed by atoms with Crippen LogP contribution in [0.1, 0.15) is 84.0 Å². The second kappa shape index (κ2) is 10.8. The third kappa shape index (κ3) is 6.15. The number of carbonyl (C=O) groups is 2. The van der Waals surface area contributed by atoms with Gasteiger partial charge in [0.1, 0.15) is 6.10 Å². The normalized spacial score (nSPS) is 25.9. The highest BCUT2D eigenvalue weighted by atomic mass is 16.6. The Kier molecular flexibility index (Phi) is 8.69. The van der Waals surface area contributed by atoms with Gasteiger partial charge >= 0.3 is 12.1 Å². The zero-order chi connectivity index (χ0) is 18.9. The molecule has 2 fully saturated rings. The third-order valence-electron chi connectivity index (χ3n) is 5.79. The molecule has 6 heteroatoms. The molecule has 1 N–H and O–H groups in total. The predicted molar refractivity (Wildman–Crippen MR) is 98.8 cm³/mol. The van der Waals surface area contributed by atoms with Crippen LogP contribution in [-0.2, 0) is 14.3 Å². The highest BCUT2D eigenvalue weighted by Gasteiger charge is 2.46. The molecule has 2 aliphatic heterocycles. The molecule has 0 aromatic rings. The van der Waals surface area contributed by atoms with Gasteiger partial charge in [0.15, 0.2) is 0 Å². The smallest absolute Gasteiger partial charge is 0.410 e. The van der Waals surface area contributed by atoms with Crippen LogP contribution in [0, 0.1) is 0 Å². The Morgan fingerprint density at radius 3 is 2.54 bits per heavy atom. The molecule has 2 aliphatic rings.